The maximum Gasteiger partial charge on any atom is 0.301 e. The Balaban J connectivity index is 1.52. The molecule has 1 unspecified atom stereocenters. The molecule has 3 aromatic carbocycles. The predicted molar refractivity (Wildman–Crippen MR) is 139 cm³/mol. The number of phenolic OH excluding ortho intramolecular Hbond substituents is 1. The summed E-state index contributed by atoms with van der Waals surface area (Å²) in [6.45, 7) is 2.85. The summed E-state index contributed by atoms with van der Waals surface area (Å²) in [5, 5.41) is 21.6. The Bertz CT molecular complexity index is 1590. The van der Waals surface area contributed by atoms with Gasteiger partial charge in [0.05, 0.1) is 21.8 Å². The number of ether oxygens (including phenoxy) is 2. The Kier molecular flexibility index (Phi) is 5.57. The van der Waals surface area contributed by atoms with E-state index in [4.69, 9.17) is 9.47 Å². The number of anilines is 1. The molecule has 37 heavy (non-hydrogen) atoms. The van der Waals surface area contributed by atoms with Crippen LogP contribution in [-0.2, 0) is 16.0 Å². The molecule has 8 nitrogen and oxygen atoms in total. The summed E-state index contributed by atoms with van der Waals surface area (Å²) in [5.74, 6) is -0.904. The van der Waals surface area contributed by atoms with Crippen molar-refractivity contribution in [2.75, 3.05) is 18.1 Å². The fraction of sp³-hybridized carbons (Fsp3) is 0.179. The number of phenols is 1. The number of aliphatic hydroxyl groups is 1. The minimum atomic E-state index is -0.944. The summed E-state index contributed by atoms with van der Waals surface area (Å²) in [4.78, 5) is 32.8. The van der Waals surface area contributed by atoms with Crippen LogP contribution in [0.2, 0.25) is 0 Å². The highest BCUT2D eigenvalue weighted by atomic mass is 32.1. The molecular weight excluding hydrogens is 492 g/mol. The number of carbonyl (C=O) groups is 2. The van der Waals surface area contributed by atoms with E-state index in [2.05, 4.69) is 11.9 Å². The molecule has 0 bridgehead atoms. The highest BCUT2D eigenvalue weighted by Gasteiger charge is 2.48. The number of aryl methyl sites for hydroxylation is 1. The average molecular weight is 515 g/mol. The molecule has 0 radical (unpaired) electrons. The van der Waals surface area contributed by atoms with Crippen LogP contribution in [-0.4, -0.2) is 40.1 Å². The number of fused-ring (bicyclic) bond motifs is 2. The van der Waals surface area contributed by atoms with E-state index in [0.717, 1.165) is 22.2 Å². The summed E-state index contributed by atoms with van der Waals surface area (Å²) in [7, 11) is 0. The number of Topliss-reactive ketones (excluding diaryl/α,β-unsaturated/α-hetero) is 1. The number of ketones is 1. The van der Waals surface area contributed by atoms with E-state index >= 15 is 0 Å². The van der Waals surface area contributed by atoms with Crippen molar-refractivity contribution in [3.05, 3.63) is 82.9 Å². The average Bonchev–Trinajstić information content (AvgIpc) is 3.46. The van der Waals surface area contributed by atoms with Crippen molar-refractivity contribution in [1.29, 1.82) is 0 Å². The maximum absolute atomic E-state index is 13.4. The Morgan fingerprint density at radius 3 is 2.54 bits per heavy atom. The number of amides is 1. The van der Waals surface area contributed by atoms with E-state index in [1.165, 1.54) is 28.4 Å². The summed E-state index contributed by atoms with van der Waals surface area (Å²) >= 11 is 1.31. The lowest BCUT2D eigenvalue weighted by Crippen LogP contribution is -2.29. The Morgan fingerprint density at radius 1 is 1.03 bits per heavy atom. The highest BCUT2D eigenvalue weighted by Crippen LogP contribution is 2.45. The zero-order valence-electron chi connectivity index (χ0n) is 19.8. The normalized spacial score (nSPS) is 18.5. The number of aromatic nitrogens is 1. The smallest absolute Gasteiger partial charge is 0.301 e. The van der Waals surface area contributed by atoms with Crippen LogP contribution < -0.4 is 14.4 Å². The number of aromatic hydroxyl groups is 1. The first-order valence-electron chi connectivity index (χ1n) is 11.8. The second kappa shape index (κ2) is 8.94. The Labute approximate surface area is 216 Å². The first kappa shape index (κ1) is 23.1. The number of nitrogens with zero attached hydrogens (tertiary/aromatic N) is 2. The van der Waals surface area contributed by atoms with Gasteiger partial charge in [-0.15, -0.1) is 0 Å². The maximum atomic E-state index is 13.4. The van der Waals surface area contributed by atoms with Crippen molar-refractivity contribution in [1.82, 2.24) is 4.98 Å². The van der Waals surface area contributed by atoms with Gasteiger partial charge in [-0.2, -0.15) is 0 Å². The molecule has 9 heteroatoms. The van der Waals surface area contributed by atoms with Crippen molar-refractivity contribution in [2.45, 2.75) is 19.4 Å². The van der Waals surface area contributed by atoms with Crippen molar-refractivity contribution in [2.24, 2.45) is 0 Å². The van der Waals surface area contributed by atoms with E-state index in [9.17, 15) is 19.8 Å². The lowest BCUT2D eigenvalue weighted by atomic mass is 9.95. The van der Waals surface area contributed by atoms with Gasteiger partial charge in [0.25, 0.3) is 5.78 Å². The molecule has 3 heterocycles. The van der Waals surface area contributed by atoms with Crippen molar-refractivity contribution < 1.29 is 29.3 Å². The fourth-order valence-electron chi connectivity index (χ4n) is 4.63. The number of thiazole rings is 1. The largest absolute Gasteiger partial charge is 0.508 e. The van der Waals surface area contributed by atoms with Gasteiger partial charge < -0.3 is 19.7 Å². The summed E-state index contributed by atoms with van der Waals surface area (Å²) in [6, 6.07) is 16.0. The van der Waals surface area contributed by atoms with E-state index in [-0.39, 0.29) is 17.1 Å². The topological polar surface area (TPSA) is 109 Å². The van der Waals surface area contributed by atoms with Gasteiger partial charge in [0, 0.05) is 5.56 Å². The molecule has 1 amide bonds. The first-order chi connectivity index (χ1) is 17.9. The zero-order chi connectivity index (χ0) is 25.7. The van der Waals surface area contributed by atoms with Crippen LogP contribution in [0.4, 0.5) is 5.13 Å². The molecule has 0 saturated carbocycles. The number of rotatable bonds is 4. The van der Waals surface area contributed by atoms with Gasteiger partial charge >= 0.3 is 5.91 Å². The fourth-order valence-corrected chi connectivity index (χ4v) is 5.68. The minimum Gasteiger partial charge on any atom is -0.508 e. The van der Waals surface area contributed by atoms with E-state index in [0.29, 0.717) is 41.0 Å². The molecule has 1 aromatic heterocycles. The van der Waals surface area contributed by atoms with Gasteiger partial charge in [0.1, 0.15) is 24.7 Å². The van der Waals surface area contributed by atoms with Gasteiger partial charge in [0.15, 0.2) is 16.6 Å². The second-order valence-electron chi connectivity index (χ2n) is 8.77. The third kappa shape index (κ3) is 3.88. The standard InChI is InChI=1S/C28H22N2O6S/c1-2-15-3-9-19-22(13-15)37-28(29-19)30-24(16-4-7-18(31)8-5-16)23(26(33)27(30)34)25(32)17-6-10-20-21(14-17)36-12-11-35-20/h3-10,13-14,24,31-32H,2,11-12H2,1H3/b25-23+. The Hall–Kier alpha value is -4.37. The lowest BCUT2D eigenvalue weighted by Gasteiger charge is -2.23. The molecule has 6 rings (SSSR count). The van der Waals surface area contributed by atoms with Crippen LogP contribution in [0.1, 0.15) is 29.7 Å². The van der Waals surface area contributed by atoms with Crippen LogP contribution in [0.3, 0.4) is 0 Å². The van der Waals surface area contributed by atoms with Crippen LogP contribution in [0.25, 0.3) is 16.0 Å². The number of aliphatic hydroxyl groups excluding tert-OH is 1. The molecule has 186 valence electrons. The van der Waals surface area contributed by atoms with Crippen LogP contribution in [0, 0.1) is 0 Å². The number of carbonyl (C=O) groups excluding carboxylic acids is 2. The highest BCUT2D eigenvalue weighted by molar-refractivity contribution is 7.22. The van der Waals surface area contributed by atoms with Gasteiger partial charge in [0.2, 0.25) is 0 Å². The Morgan fingerprint density at radius 2 is 1.78 bits per heavy atom. The number of hydrogen-bond donors (Lipinski definition) is 2. The monoisotopic (exact) mass is 514 g/mol. The molecule has 1 saturated heterocycles. The van der Waals surface area contributed by atoms with E-state index < -0.39 is 17.7 Å². The van der Waals surface area contributed by atoms with Gasteiger partial charge in [-0.3, -0.25) is 14.5 Å². The molecule has 2 aliphatic rings. The van der Waals surface area contributed by atoms with Crippen LogP contribution >= 0.6 is 11.3 Å². The van der Waals surface area contributed by atoms with Crippen molar-refractivity contribution in [3.63, 3.8) is 0 Å². The lowest BCUT2D eigenvalue weighted by molar-refractivity contribution is -0.132. The van der Waals surface area contributed by atoms with Gasteiger partial charge in [-0.05, 0) is 60.0 Å². The summed E-state index contributed by atoms with van der Waals surface area (Å²) < 4.78 is 12.1. The SMILES string of the molecule is CCc1ccc2nc(N3C(=O)C(=O)/C(=C(/O)c4ccc5c(c4)OCCO5)C3c3ccc(O)cc3)sc2c1. The summed E-state index contributed by atoms with van der Waals surface area (Å²) in [5.41, 5.74) is 2.65. The molecular formula is C28H22N2O6S. The molecule has 2 N–H and O–H groups in total. The molecule has 4 aromatic rings. The molecule has 1 fully saturated rings. The number of benzene rings is 3. The van der Waals surface area contributed by atoms with Crippen molar-refractivity contribution >= 4 is 44.1 Å². The third-order valence-corrected chi connectivity index (χ3v) is 7.54. The molecule has 2 aliphatic heterocycles. The van der Waals surface area contributed by atoms with E-state index in [1.807, 2.05) is 18.2 Å². The van der Waals surface area contributed by atoms with Gasteiger partial charge in [-0.1, -0.05) is 36.5 Å². The van der Waals surface area contributed by atoms with E-state index in [1.54, 1.807) is 30.3 Å². The molecule has 0 spiro atoms. The third-order valence-electron chi connectivity index (χ3n) is 6.52. The zero-order valence-corrected chi connectivity index (χ0v) is 20.6. The quantitative estimate of drug-likeness (QED) is 0.225. The summed E-state index contributed by atoms with van der Waals surface area (Å²) in [6.07, 6.45) is 0.858. The van der Waals surface area contributed by atoms with Crippen molar-refractivity contribution in [3.8, 4) is 17.2 Å². The van der Waals surface area contributed by atoms with Gasteiger partial charge in [-0.25, -0.2) is 4.98 Å². The van der Waals surface area contributed by atoms with Crippen LogP contribution in [0.15, 0.2) is 66.2 Å². The first-order valence-corrected chi connectivity index (χ1v) is 12.7. The number of hydrogen-bond acceptors (Lipinski definition) is 8. The molecule has 0 aliphatic carbocycles. The molecule has 1 atom stereocenters. The predicted octanol–water partition coefficient (Wildman–Crippen LogP) is 4.96. The second-order valence-corrected chi connectivity index (χ2v) is 9.78. The van der Waals surface area contributed by atoms with Crippen LogP contribution in [0.5, 0.6) is 17.2 Å². The minimum absolute atomic E-state index is 0.0413.